The van der Waals surface area contributed by atoms with Crippen LogP contribution in [0.25, 0.3) is 0 Å². The summed E-state index contributed by atoms with van der Waals surface area (Å²) in [6.45, 7) is 12.2. The van der Waals surface area contributed by atoms with Crippen LogP contribution < -0.4 is 5.32 Å². The van der Waals surface area contributed by atoms with Crippen LogP contribution >= 0.6 is 0 Å². The van der Waals surface area contributed by atoms with Gasteiger partial charge in [-0.1, -0.05) is 53.4 Å². The molecule has 1 aliphatic heterocycles. The quantitative estimate of drug-likeness (QED) is 0.737. The van der Waals surface area contributed by atoms with Crippen molar-refractivity contribution in [3.05, 3.63) is 0 Å². The van der Waals surface area contributed by atoms with E-state index in [1.165, 1.54) is 58.0 Å². The molecule has 18 heavy (non-hydrogen) atoms. The number of nitrogens with one attached hydrogen (secondary N) is 1. The van der Waals surface area contributed by atoms with E-state index in [2.05, 4.69) is 33.0 Å². The first-order valence-electron chi connectivity index (χ1n) is 8.41. The highest BCUT2D eigenvalue weighted by Crippen LogP contribution is 2.38. The predicted molar refractivity (Wildman–Crippen MR) is 81.8 cm³/mol. The molecule has 0 aromatic rings. The zero-order valence-corrected chi connectivity index (χ0v) is 13.2. The minimum atomic E-state index is 0.855. The summed E-state index contributed by atoms with van der Waals surface area (Å²) >= 11 is 0. The maximum atomic E-state index is 3.57. The summed E-state index contributed by atoms with van der Waals surface area (Å²) in [5, 5.41) is 3.57. The van der Waals surface area contributed by atoms with Crippen molar-refractivity contribution < 1.29 is 0 Å². The summed E-state index contributed by atoms with van der Waals surface area (Å²) in [5.41, 5.74) is 0. The smallest absolute Gasteiger partial charge is 0.00488 e. The van der Waals surface area contributed by atoms with E-state index in [-0.39, 0.29) is 0 Å². The van der Waals surface area contributed by atoms with Gasteiger partial charge in [0.15, 0.2) is 0 Å². The summed E-state index contributed by atoms with van der Waals surface area (Å²) in [4.78, 5) is 0. The molecule has 1 rings (SSSR count). The Morgan fingerprint density at radius 3 is 2.17 bits per heavy atom. The molecule has 108 valence electrons. The second kappa shape index (κ2) is 8.96. The summed E-state index contributed by atoms with van der Waals surface area (Å²) in [6, 6.07) is 0. The van der Waals surface area contributed by atoms with Crippen molar-refractivity contribution in [3.63, 3.8) is 0 Å². The highest BCUT2D eigenvalue weighted by atomic mass is 14.8. The van der Waals surface area contributed by atoms with Crippen LogP contribution in [0.5, 0.6) is 0 Å². The first-order valence-corrected chi connectivity index (χ1v) is 8.41. The summed E-state index contributed by atoms with van der Waals surface area (Å²) in [5.74, 6) is 3.74. The third-order valence-corrected chi connectivity index (χ3v) is 5.01. The first-order chi connectivity index (χ1) is 8.70. The van der Waals surface area contributed by atoms with Crippen molar-refractivity contribution in [1.29, 1.82) is 0 Å². The fourth-order valence-electron chi connectivity index (χ4n) is 4.11. The van der Waals surface area contributed by atoms with Gasteiger partial charge in [0.2, 0.25) is 0 Å². The van der Waals surface area contributed by atoms with Crippen LogP contribution in [0.3, 0.4) is 0 Å². The van der Waals surface area contributed by atoms with Crippen LogP contribution in [0.2, 0.25) is 0 Å². The summed E-state index contributed by atoms with van der Waals surface area (Å²) < 4.78 is 0. The van der Waals surface area contributed by atoms with Gasteiger partial charge in [-0.3, -0.25) is 0 Å². The van der Waals surface area contributed by atoms with Crippen LogP contribution in [-0.2, 0) is 0 Å². The normalized spacial score (nSPS) is 24.7. The van der Waals surface area contributed by atoms with Gasteiger partial charge in [0.25, 0.3) is 0 Å². The lowest BCUT2D eigenvalue weighted by molar-refractivity contribution is 0.136. The molecule has 0 bridgehead atoms. The lowest BCUT2D eigenvalue weighted by atomic mass is 9.69. The molecule has 1 fully saturated rings. The molecular formula is C17H35N. The molecule has 0 aliphatic carbocycles. The molecule has 1 heterocycles. The highest BCUT2D eigenvalue weighted by molar-refractivity contribution is 4.79. The van der Waals surface area contributed by atoms with E-state index in [1.54, 1.807) is 0 Å². The molecule has 0 amide bonds. The Bertz CT molecular complexity index is 186. The van der Waals surface area contributed by atoms with Crippen LogP contribution in [0.4, 0.5) is 0 Å². The summed E-state index contributed by atoms with van der Waals surface area (Å²) in [7, 11) is 0. The van der Waals surface area contributed by atoms with Gasteiger partial charge in [0.05, 0.1) is 0 Å². The van der Waals surface area contributed by atoms with Crippen LogP contribution in [-0.4, -0.2) is 13.1 Å². The third-order valence-electron chi connectivity index (χ3n) is 5.01. The van der Waals surface area contributed by atoms with E-state index in [1.807, 2.05) is 0 Å². The van der Waals surface area contributed by atoms with Crippen LogP contribution in [0.1, 0.15) is 72.6 Å². The Morgan fingerprint density at radius 2 is 1.56 bits per heavy atom. The molecule has 1 saturated heterocycles. The standard InChI is InChI=1S/C17H35N/c1-5-15(6-2)17(14(3)4)16-10-7-8-12-18-13-9-11-16/h14-18H,5-13H2,1-4H3. The number of rotatable bonds is 5. The minimum Gasteiger partial charge on any atom is -0.317 e. The third kappa shape index (κ3) is 4.91. The molecule has 0 aromatic heterocycles. The molecule has 1 N–H and O–H groups in total. The molecule has 0 radical (unpaired) electrons. The Labute approximate surface area is 115 Å². The van der Waals surface area contributed by atoms with Gasteiger partial charge in [0, 0.05) is 0 Å². The van der Waals surface area contributed by atoms with E-state index < -0.39 is 0 Å². The van der Waals surface area contributed by atoms with E-state index >= 15 is 0 Å². The molecule has 2 atom stereocenters. The van der Waals surface area contributed by atoms with Gasteiger partial charge in [-0.25, -0.2) is 0 Å². The number of hydrogen-bond donors (Lipinski definition) is 1. The van der Waals surface area contributed by atoms with Crippen molar-refractivity contribution in [2.75, 3.05) is 13.1 Å². The van der Waals surface area contributed by atoms with Gasteiger partial charge >= 0.3 is 0 Å². The Balaban J connectivity index is 2.67. The van der Waals surface area contributed by atoms with E-state index in [0.29, 0.717) is 0 Å². The molecule has 1 aliphatic rings. The Kier molecular flexibility index (Phi) is 7.97. The van der Waals surface area contributed by atoms with E-state index in [4.69, 9.17) is 0 Å². The van der Waals surface area contributed by atoms with E-state index in [0.717, 1.165) is 23.7 Å². The van der Waals surface area contributed by atoms with Crippen molar-refractivity contribution in [3.8, 4) is 0 Å². The van der Waals surface area contributed by atoms with E-state index in [9.17, 15) is 0 Å². The lowest BCUT2D eigenvalue weighted by Gasteiger charge is -2.36. The molecule has 0 saturated carbocycles. The van der Waals surface area contributed by atoms with Gasteiger partial charge in [-0.05, 0) is 56.0 Å². The second-order valence-electron chi connectivity index (χ2n) is 6.55. The van der Waals surface area contributed by atoms with Gasteiger partial charge in [-0.2, -0.15) is 0 Å². The van der Waals surface area contributed by atoms with Crippen LogP contribution in [0, 0.1) is 23.7 Å². The maximum Gasteiger partial charge on any atom is -0.00488 e. The first kappa shape index (κ1) is 16.0. The average molecular weight is 253 g/mol. The molecule has 0 aromatic carbocycles. The summed E-state index contributed by atoms with van der Waals surface area (Å²) in [6.07, 6.45) is 9.86. The van der Waals surface area contributed by atoms with Crippen molar-refractivity contribution in [1.82, 2.24) is 5.32 Å². The highest BCUT2D eigenvalue weighted by Gasteiger charge is 2.29. The molecule has 0 spiro atoms. The zero-order chi connectivity index (χ0) is 13.4. The van der Waals surface area contributed by atoms with Crippen molar-refractivity contribution in [2.45, 2.75) is 72.6 Å². The SMILES string of the molecule is CCC(CC)C(C(C)C)C1CCCCNCCC1. The molecular weight excluding hydrogens is 218 g/mol. The Hall–Kier alpha value is -0.0400. The fraction of sp³-hybridized carbons (Fsp3) is 1.00. The van der Waals surface area contributed by atoms with Gasteiger partial charge < -0.3 is 5.32 Å². The van der Waals surface area contributed by atoms with Gasteiger partial charge in [-0.15, -0.1) is 0 Å². The average Bonchev–Trinajstić information content (AvgIpc) is 2.48. The minimum absolute atomic E-state index is 0.855. The van der Waals surface area contributed by atoms with Crippen molar-refractivity contribution >= 4 is 0 Å². The zero-order valence-electron chi connectivity index (χ0n) is 13.2. The predicted octanol–water partition coefficient (Wildman–Crippen LogP) is 4.86. The Morgan fingerprint density at radius 1 is 0.944 bits per heavy atom. The molecule has 1 heteroatoms. The topological polar surface area (TPSA) is 12.0 Å². The largest absolute Gasteiger partial charge is 0.317 e. The number of hydrogen-bond acceptors (Lipinski definition) is 1. The maximum absolute atomic E-state index is 3.57. The van der Waals surface area contributed by atoms with Crippen molar-refractivity contribution in [2.24, 2.45) is 23.7 Å². The molecule has 2 unspecified atom stereocenters. The monoisotopic (exact) mass is 253 g/mol. The second-order valence-corrected chi connectivity index (χ2v) is 6.55. The lowest BCUT2D eigenvalue weighted by Crippen LogP contribution is -2.28. The van der Waals surface area contributed by atoms with Crippen LogP contribution in [0.15, 0.2) is 0 Å². The fourth-order valence-corrected chi connectivity index (χ4v) is 4.11. The van der Waals surface area contributed by atoms with Gasteiger partial charge in [0.1, 0.15) is 0 Å². The molecule has 1 nitrogen and oxygen atoms in total.